The minimum absolute atomic E-state index is 0.651. The molecule has 8 nitrogen and oxygen atoms in total. The molecule has 0 bridgehead atoms. The number of halogens is 1. The van der Waals surface area contributed by atoms with E-state index in [1.54, 1.807) is 10.7 Å². The van der Waals surface area contributed by atoms with Gasteiger partial charge < -0.3 is 10.2 Å². The molecule has 2 aliphatic rings. The molecule has 0 radical (unpaired) electrons. The first kappa shape index (κ1) is 16.0. The van der Waals surface area contributed by atoms with E-state index in [4.69, 9.17) is 0 Å². The van der Waals surface area contributed by atoms with Crippen LogP contribution in [0.25, 0.3) is 5.65 Å². The van der Waals surface area contributed by atoms with E-state index in [0.717, 1.165) is 48.3 Å². The summed E-state index contributed by atoms with van der Waals surface area (Å²) < 4.78 is 2.45. The number of rotatable bonds is 4. The molecule has 26 heavy (non-hydrogen) atoms. The van der Waals surface area contributed by atoms with E-state index in [0.29, 0.717) is 11.5 Å². The molecule has 3 aromatic rings. The Morgan fingerprint density at radius 2 is 1.85 bits per heavy atom. The molecule has 1 aliphatic heterocycles. The molecule has 4 heterocycles. The fourth-order valence-electron chi connectivity index (χ4n) is 3.42. The molecule has 2 fully saturated rings. The lowest BCUT2D eigenvalue weighted by atomic mass is 10.3. The summed E-state index contributed by atoms with van der Waals surface area (Å²) in [6.07, 6.45) is 7.81. The van der Waals surface area contributed by atoms with E-state index in [-0.39, 0.29) is 0 Å². The molecule has 3 aromatic heterocycles. The maximum atomic E-state index is 4.63. The quantitative estimate of drug-likeness (QED) is 0.701. The summed E-state index contributed by atoms with van der Waals surface area (Å²) in [6, 6.07) is 4.95. The molecule has 1 N–H and O–H groups in total. The summed E-state index contributed by atoms with van der Waals surface area (Å²) >= 11 is 3.42. The molecular weight excluding hydrogens is 396 g/mol. The van der Waals surface area contributed by atoms with Crippen LogP contribution in [0.15, 0.2) is 35.5 Å². The van der Waals surface area contributed by atoms with Crippen molar-refractivity contribution in [2.45, 2.75) is 18.9 Å². The van der Waals surface area contributed by atoms with Crippen LogP contribution in [0.1, 0.15) is 12.8 Å². The van der Waals surface area contributed by atoms with Gasteiger partial charge in [-0.3, -0.25) is 4.90 Å². The van der Waals surface area contributed by atoms with E-state index in [2.05, 4.69) is 57.2 Å². The van der Waals surface area contributed by atoms with Gasteiger partial charge in [0.2, 0.25) is 0 Å². The van der Waals surface area contributed by atoms with Crippen LogP contribution >= 0.6 is 15.9 Å². The van der Waals surface area contributed by atoms with Gasteiger partial charge in [-0.25, -0.2) is 19.5 Å². The second-order valence-corrected chi connectivity index (χ2v) is 7.52. The van der Waals surface area contributed by atoms with Gasteiger partial charge in [-0.15, -0.1) is 0 Å². The molecule has 134 valence electrons. The predicted octanol–water partition coefficient (Wildman–Crippen LogP) is 2.31. The summed E-state index contributed by atoms with van der Waals surface area (Å²) in [5.74, 6) is 1.68. The minimum Gasteiger partial charge on any atom is -0.354 e. The average Bonchev–Trinajstić information content (AvgIpc) is 3.41. The van der Waals surface area contributed by atoms with E-state index in [9.17, 15) is 0 Å². The zero-order valence-electron chi connectivity index (χ0n) is 14.2. The first-order chi connectivity index (χ1) is 12.8. The highest BCUT2D eigenvalue weighted by atomic mass is 79.9. The van der Waals surface area contributed by atoms with Crippen LogP contribution in [0.2, 0.25) is 0 Å². The van der Waals surface area contributed by atoms with E-state index in [1.165, 1.54) is 19.2 Å². The first-order valence-corrected chi connectivity index (χ1v) is 9.63. The van der Waals surface area contributed by atoms with Crippen molar-refractivity contribution < 1.29 is 0 Å². The number of hydrogen-bond acceptors (Lipinski definition) is 7. The molecule has 0 aromatic carbocycles. The van der Waals surface area contributed by atoms with Crippen LogP contribution in [-0.4, -0.2) is 61.7 Å². The SMILES string of the molecule is Brc1cnc(Nc2ccc(N3CCN(C4CC4)CC3)nc2)c2ncnn12. The van der Waals surface area contributed by atoms with Crippen LogP contribution in [0.3, 0.4) is 0 Å². The molecule has 5 rings (SSSR count). The number of hydrogen-bond donors (Lipinski definition) is 1. The van der Waals surface area contributed by atoms with Crippen molar-refractivity contribution in [3.63, 3.8) is 0 Å². The van der Waals surface area contributed by atoms with Crippen molar-refractivity contribution in [2.24, 2.45) is 0 Å². The van der Waals surface area contributed by atoms with E-state index >= 15 is 0 Å². The van der Waals surface area contributed by atoms with E-state index < -0.39 is 0 Å². The third-order valence-corrected chi connectivity index (χ3v) is 5.51. The second kappa shape index (κ2) is 6.48. The molecule has 1 saturated heterocycles. The van der Waals surface area contributed by atoms with Gasteiger partial charge in [-0.05, 0) is 40.9 Å². The Morgan fingerprint density at radius 1 is 1.00 bits per heavy atom. The van der Waals surface area contributed by atoms with Crippen molar-refractivity contribution in [3.8, 4) is 0 Å². The summed E-state index contributed by atoms with van der Waals surface area (Å²) in [4.78, 5) is 18.2. The van der Waals surface area contributed by atoms with Gasteiger partial charge >= 0.3 is 0 Å². The van der Waals surface area contributed by atoms with Crippen LogP contribution in [0.4, 0.5) is 17.3 Å². The summed E-state index contributed by atoms with van der Waals surface area (Å²) in [5.41, 5.74) is 1.55. The van der Waals surface area contributed by atoms with Gasteiger partial charge in [0.25, 0.3) is 0 Å². The lowest BCUT2D eigenvalue weighted by molar-refractivity contribution is 0.247. The second-order valence-electron chi connectivity index (χ2n) is 6.71. The van der Waals surface area contributed by atoms with Crippen molar-refractivity contribution in [1.29, 1.82) is 0 Å². The number of nitrogens with zero attached hydrogens (tertiary/aromatic N) is 7. The Kier molecular flexibility index (Phi) is 3.97. The summed E-state index contributed by atoms with van der Waals surface area (Å²) in [5, 5.41) is 7.45. The maximum absolute atomic E-state index is 4.63. The number of nitrogens with one attached hydrogen (secondary N) is 1. The summed E-state index contributed by atoms with van der Waals surface area (Å²) in [6.45, 7) is 4.37. The molecule has 9 heteroatoms. The third kappa shape index (κ3) is 3.01. The predicted molar refractivity (Wildman–Crippen MR) is 103 cm³/mol. The van der Waals surface area contributed by atoms with Gasteiger partial charge in [-0.2, -0.15) is 5.10 Å². The summed E-state index contributed by atoms with van der Waals surface area (Å²) in [7, 11) is 0. The van der Waals surface area contributed by atoms with Gasteiger partial charge in [0, 0.05) is 32.2 Å². The van der Waals surface area contributed by atoms with Crippen LogP contribution in [-0.2, 0) is 0 Å². The highest BCUT2D eigenvalue weighted by Crippen LogP contribution is 2.28. The first-order valence-electron chi connectivity index (χ1n) is 8.84. The number of aromatic nitrogens is 5. The Hall–Kier alpha value is -2.26. The third-order valence-electron chi connectivity index (χ3n) is 4.97. The molecule has 0 atom stereocenters. The lowest BCUT2D eigenvalue weighted by Gasteiger charge is -2.35. The minimum atomic E-state index is 0.651. The van der Waals surface area contributed by atoms with Crippen molar-refractivity contribution >= 4 is 38.9 Å². The van der Waals surface area contributed by atoms with E-state index in [1.807, 2.05) is 12.3 Å². The molecule has 0 spiro atoms. The Labute approximate surface area is 159 Å². The van der Waals surface area contributed by atoms with Crippen molar-refractivity contribution in [1.82, 2.24) is 29.5 Å². The molecule has 1 saturated carbocycles. The monoisotopic (exact) mass is 414 g/mol. The molecular formula is C17H19BrN8. The van der Waals surface area contributed by atoms with Gasteiger partial charge in [-0.1, -0.05) is 0 Å². The Morgan fingerprint density at radius 3 is 2.58 bits per heavy atom. The smallest absolute Gasteiger partial charge is 0.199 e. The largest absolute Gasteiger partial charge is 0.354 e. The standard InChI is InChI=1S/C17H19BrN8/c18-14-10-20-16(17-21-11-22-26(14)17)23-12-1-4-15(19-9-12)25-7-5-24(6-8-25)13-2-3-13/h1,4,9-11,13H,2-3,5-8H2,(H,20,23). The van der Waals surface area contributed by atoms with Crippen LogP contribution in [0.5, 0.6) is 0 Å². The molecule has 0 unspecified atom stereocenters. The van der Waals surface area contributed by atoms with Gasteiger partial charge in [0.1, 0.15) is 16.7 Å². The van der Waals surface area contributed by atoms with Gasteiger partial charge in [0.15, 0.2) is 11.5 Å². The van der Waals surface area contributed by atoms with Crippen molar-refractivity contribution in [3.05, 3.63) is 35.5 Å². The maximum Gasteiger partial charge on any atom is 0.199 e. The highest BCUT2D eigenvalue weighted by Gasteiger charge is 2.31. The Bertz CT molecular complexity index is 912. The zero-order valence-corrected chi connectivity index (χ0v) is 15.8. The number of anilines is 3. The number of piperazine rings is 1. The van der Waals surface area contributed by atoms with Crippen molar-refractivity contribution in [2.75, 3.05) is 36.4 Å². The Balaban J connectivity index is 1.29. The zero-order chi connectivity index (χ0) is 17.5. The van der Waals surface area contributed by atoms with Crippen LogP contribution < -0.4 is 10.2 Å². The number of fused-ring (bicyclic) bond motifs is 1. The molecule has 1 aliphatic carbocycles. The molecule has 0 amide bonds. The topological polar surface area (TPSA) is 74.5 Å². The van der Waals surface area contributed by atoms with Crippen LogP contribution in [0, 0.1) is 0 Å². The average molecular weight is 415 g/mol. The fraction of sp³-hybridized carbons (Fsp3) is 0.412. The number of pyridine rings is 1. The normalized spacial score (nSPS) is 18.4. The van der Waals surface area contributed by atoms with Gasteiger partial charge in [0.05, 0.1) is 18.1 Å². The highest BCUT2D eigenvalue weighted by molar-refractivity contribution is 9.10. The lowest BCUT2D eigenvalue weighted by Crippen LogP contribution is -2.47. The fourth-order valence-corrected chi connectivity index (χ4v) is 3.78.